The van der Waals surface area contributed by atoms with Crippen LogP contribution in [0, 0.1) is 11.8 Å². The predicted octanol–water partition coefficient (Wildman–Crippen LogP) is 5.21. The topological polar surface area (TPSA) is 72.2 Å². The fourth-order valence-electron chi connectivity index (χ4n) is 3.31. The third-order valence-corrected chi connectivity index (χ3v) is 6.40. The molecule has 0 saturated carbocycles. The van der Waals surface area contributed by atoms with Crippen LogP contribution in [0.1, 0.15) is 34.1 Å². The van der Waals surface area contributed by atoms with Gasteiger partial charge in [-0.2, -0.15) is 0 Å². The van der Waals surface area contributed by atoms with Gasteiger partial charge in [-0.1, -0.05) is 62.0 Å². The van der Waals surface area contributed by atoms with Crippen molar-refractivity contribution in [2.75, 3.05) is 0 Å². The van der Waals surface area contributed by atoms with Crippen molar-refractivity contribution in [3.05, 3.63) is 54.9 Å². The number of ketones is 1. The number of fused-ring (bicyclic) bond motifs is 1. The normalized spacial score (nSPS) is 13.0. The fraction of sp³-hybridized carbons (Fsp3) is 0.348. The molecule has 0 fully saturated rings. The average molecular weight is 411 g/mol. The van der Waals surface area contributed by atoms with Gasteiger partial charge in [-0.15, -0.1) is 0 Å². The number of carboxylic acids is 1. The highest BCUT2D eigenvalue weighted by molar-refractivity contribution is 8.01. The first-order valence-corrected chi connectivity index (χ1v) is 10.5. The highest BCUT2D eigenvalue weighted by Gasteiger charge is 2.35. The van der Waals surface area contributed by atoms with Crippen molar-refractivity contribution in [2.45, 2.75) is 44.0 Å². The maximum Gasteiger partial charge on any atom is 0.307 e. The van der Waals surface area contributed by atoms with Crippen molar-refractivity contribution in [1.82, 2.24) is 9.55 Å². The molecule has 0 spiro atoms. The number of carboxylic acid groups (broad SMARTS) is 1. The summed E-state index contributed by atoms with van der Waals surface area (Å²) in [5.41, 5.74) is 0.997. The molecule has 0 aliphatic rings. The number of rotatable bonds is 8. The summed E-state index contributed by atoms with van der Waals surface area (Å²) >= 11 is 1.37. The van der Waals surface area contributed by atoms with E-state index in [1.54, 1.807) is 6.20 Å². The Morgan fingerprint density at radius 1 is 1.14 bits per heavy atom. The Kier molecular flexibility index (Phi) is 6.13. The van der Waals surface area contributed by atoms with Gasteiger partial charge < -0.3 is 5.11 Å². The summed E-state index contributed by atoms with van der Waals surface area (Å²) in [5, 5.41) is 12.4. The molecule has 1 aromatic heterocycles. The van der Waals surface area contributed by atoms with E-state index in [9.17, 15) is 14.7 Å². The van der Waals surface area contributed by atoms with Crippen molar-refractivity contribution >= 4 is 34.3 Å². The van der Waals surface area contributed by atoms with Gasteiger partial charge in [0.2, 0.25) is 0 Å². The van der Waals surface area contributed by atoms with Crippen LogP contribution in [0.2, 0.25) is 0 Å². The molecule has 0 aliphatic carbocycles. The van der Waals surface area contributed by atoms with E-state index in [4.69, 9.17) is 0 Å². The van der Waals surface area contributed by atoms with Crippen molar-refractivity contribution < 1.29 is 14.7 Å². The summed E-state index contributed by atoms with van der Waals surface area (Å²) < 4.78 is 1.19. The first kappa shape index (κ1) is 21.1. The van der Waals surface area contributed by atoms with Crippen LogP contribution in [-0.4, -0.2) is 31.2 Å². The smallest absolute Gasteiger partial charge is 0.307 e. The molecule has 1 heterocycles. The molecule has 0 radical (unpaired) electrons. The summed E-state index contributed by atoms with van der Waals surface area (Å²) in [4.78, 5) is 28.9. The lowest BCUT2D eigenvalue weighted by atomic mass is 9.88. The van der Waals surface area contributed by atoms with Gasteiger partial charge in [-0.25, -0.2) is 4.98 Å². The quantitative estimate of drug-likeness (QED) is 0.516. The minimum atomic E-state index is -0.925. The van der Waals surface area contributed by atoms with E-state index < -0.39 is 16.6 Å². The number of aliphatic carboxylic acids is 1. The Labute approximate surface area is 175 Å². The first-order chi connectivity index (χ1) is 13.7. The lowest BCUT2D eigenvalue weighted by molar-refractivity contribution is -0.145. The molecule has 0 amide bonds. The van der Waals surface area contributed by atoms with E-state index in [0.717, 1.165) is 16.5 Å². The third kappa shape index (κ3) is 4.53. The van der Waals surface area contributed by atoms with Crippen molar-refractivity contribution in [3.63, 3.8) is 0 Å². The Hall–Kier alpha value is -2.60. The van der Waals surface area contributed by atoms with Gasteiger partial charge in [0.1, 0.15) is 5.78 Å². The van der Waals surface area contributed by atoms with Crippen LogP contribution in [0.5, 0.6) is 0 Å². The summed E-state index contributed by atoms with van der Waals surface area (Å²) in [6, 6.07) is 14.2. The van der Waals surface area contributed by atoms with Crippen LogP contribution in [0.15, 0.2) is 60.0 Å². The van der Waals surface area contributed by atoms with E-state index in [-0.39, 0.29) is 18.1 Å². The number of carbonyl (C=O) groups excluding carboxylic acids is 1. The zero-order valence-corrected chi connectivity index (χ0v) is 17.9. The molecule has 1 N–H and O–H groups in total. The molecular formula is C23H26N2O3S. The van der Waals surface area contributed by atoms with Gasteiger partial charge in [0.25, 0.3) is 0 Å². The summed E-state index contributed by atoms with van der Waals surface area (Å²) in [6.07, 6.45) is 3.62. The minimum Gasteiger partial charge on any atom is -0.481 e. The summed E-state index contributed by atoms with van der Waals surface area (Å²) in [7, 11) is 0. The van der Waals surface area contributed by atoms with E-state index in [1.807, 2.05) is 62.7 Å². The Morgan fingerprint density at radius 2 is 1.83 bits per heavy atom. The van der Waals surface area contributed by atoms with Crippen molar-refractivity contribution in [1.29, 1.82) is 0 Å². The predicted molar refractivity (Wildman–Crippen MR) is 117 cm³/mol. The minimum absolute atomic E-state index is 0.0158. The van der Waals surface area contributed by atoms with Gasteiger partial charge in [0, 0.05) is 24.2 Å². The SMILES string of the molecule is CC(C)C(CC(=O)C(C)(C)Sc1nccn1-c1cccc2ccccc12)C(=O)O. The monoisotopic (exact) mass is 410 g/mol. The average Bonchev–Trinajstić information content (AvgIpc) is 3.11. The molecule has 0 aliphatic heterocycles. The largest absolute Gasteiger partial charge is 0.481 e. The molecule has 0 bridgehead atoms. The maximum absolute atomic E-state index is 12.9. The second kappa shape index (κ2) is 8.41. The third-order valence-electron chi connectivity index (χ3n) is 5.18. The molecule has 152 valence electrons. The fourth-order valence-corrected chi connectivity index (χ4v) is 4.33. The van der Waals surface area contributed by atoms with E-state index in [2.05, 4.69) is 23.2 Å². The lowest BCUT2D eigenvalue weighted by Gasteiger charge is -2.25. The number of hydrogen-bond donors (Lipinski definition) is 1. The van der Waals surface area contributed by atoms with Gasteiger partial charge in [-0.3, -0.25) is 14.2 Å². The van der Waals surface area contributed by atoms with Crippen LogP contribution in [-0.2, 0) is 9.59 Å². The van der Waals surface area contributed by atoms with Crippen molar-refractivity contribution in [3.8, 4) is 5.69 Å². The molecule has 6 heteroatoms. The lowest BCUT2D eigenvalue weighted by Crippen LogP contribution is -2.33. The number of aromatic nitrogens is 2. The molecule has 5 nitrogen and oxygen atoms in total. The Balaban J connectivity index is 1.89. The molecular weight excluding hydrogens is 384 g/mol. The zero-order chi connectivity index (χ0) is 21.2. The van der Waals surface area contributed by atoms with Crippen LogP contribution >= 0.6 is 11.8 Å². The Morgan fingerprint density at radius 3 is 2.52 bits per heavy atom. The van der Waals surface area contributed by atoms with Gasteiger partial charge in [0.05, 0.1) is 16.4 Å². The number of carbonyl (C=O) groups is 2. The molecule has 3 rings (SSSR count). The van der Waals surface area contributed by atoms with Crippen LogP contribution in [0.25, 0.3) is 16.5 Å². The van der Waals surface area contributed by atoms with E-state index in [1.165, 1.54) is 11.8 Å². The van der Waals surface area contributed by atoms with Gasteiger partial charge >= 0.3 is 5.97 Å². The molecule has 3 aromatic rings. The van der Waals surface area contributed by atoms with E-state index >= 15 is 0 Å². The van der Waals surface area contributed by atoms with Gasteiger partial charge in [0.15, 0.2) is 5.16 Å². The first-order valence-electron chi connectivity index (χ1n) is 9.67. The standard InChI is InChI=1S/C23H26N2O3S/c1-15(2)18(21(27)28)14-20(26)23(3,4)29-22-24-12-13-25(22)19-11-7-9-16-8-5-6-10-17(16)19/h5-13,15,18H,14H2,1-4H3,(H,27,28). The molecule has 1 unspecified atom stereocenters. The number of imidazole rings is 1. The molecule has 1 atom stereocenters. The molecule has 29 heavy (non-hydrogen) atoms. The number of Topliss-reactive ketones (excluding diaryl/α,β-unsaturated/α-hetero) is 1. The van der Waals surface area contributed by atoms with Crippen LogP contribution in [0.3, 0.4) is 0 Å². The second-order valence-electron chi connectivity index (χ2n) is 8.01. The van der Waals surface area contributed by atoms with Gasteiger partial charge in [-0.05, 0) is 31.2 Å². The second-order valence-corrected chi connectivity index (χ2v) is 9.60. The highest BCUT2D eigenvalue weighted by atomic mass is 32.2. The highest BCUT2D eigenvalue weighted by Crippen LogP contribution is 2.36. The summed E-state index contributed by atoms with van der Waals surface area (Å²) in [5.74, 6) is -1.79. The van der Waals surface area contributed by atoms with E-state index in [0.29, 0.717) is 5.16 Å². The number of benzene rings is 2. The maximum atomic E-state index is 12.9. The Bertz CT molecular complexity index is 1030. The summed E-state index contributed by atoms with van der Waals surface area (Å²) in [6.45, 7) is 7.33. The molecule has 0 saturated heterocycles. The van der Waals surface area contributed by atoms with Crippen LogP contribution < -0.4 is 0 Å². The number of hydrogen-bond acceptors (Lipinski definition) is 4. The zero-order valence-electron chi connectivity index (χ0n) is 17.1. The molecule has 2 aromatic carbocycles. The number of thioether (sulfide) groups is 1. The number of nitrogens with zero attached hydrogens (tertiary/aromatic N) is 2. The van der Waals surface area contributed by atoms with Crippen molar-refractivity contribution in [2.24, 2.45) is 11.8 Å². The van der Waals surface area contributed by atoms with Crippen LogP contribution in [0.4, 0.5) is 0 Å².